The highest BCUT2D eigenvalue weighted by molar-refractivity contribution is 5.71. The van der Waals surface area contributed by atoms with E-state index in [0.29, 0.717) is 19.3 Å². The smallest absolute Gasteiger partial charge is 0.306 e. The molecule has 368 valence electrons. The molecule has 0 N–H and O–H groups in total. The summed E-state index contributed by atoms with van der Waals surface area (Å²) in [5, 5.41) is 0. The maximum Gasteiger partial charge on any atom is 0.306 e. The van der Waals surface area contributed by atoms with E-state index in [9.17, 15) is 14.4 Å². The number of hydrogen-bond acceptors (Lipinski definition) is 6. The topological polar surface area (TPSA) is 78.9 Å². The highest BCUT2D eigenvalue weighted by Gasteiger charge is 2.19. The molecule has 0 amide bonds. The monoisotopic (exact) mass is 885 g/mol. The first-order valence-corrected chi connectivity index (χ1v) is 27.5. The SMILES string of the molecule is CCCC/C=C\CCCCCCCC(=O)OC(COC(=O)CCCCCCCCCCC)COC(=O)CCCCCCCCCCCCCCC/C=C\C/C=C\CCCCCCC. The van der Waals surface area contributed by atoms with Crippen LogP contribution in [0.15, 0.2) is 36.5 Å². The van der Waals surface area contributed by atoms with E-state index in [1.807, 2.05) is 0 Å². The summed E-state index contributed by atoms with van der Waals surface area (Å²) < 4.78 is 16.8. The Morgan fingerprint density at radius 1 is 0.317 bits per heavy atom. The number of ether oxygens (including phenoxy) is 3. The van der Waals surface area contributed by atoms with E-state index in [2.05, 4.69) is 57.2 Å². The van der Waals surface area contributed by atoms with Crippen molar-refractivity contribution in [1.82, 2.24) is 0 Å². The van der Waals surface area contributed by atoms with Gasteiger partial charge in [-0.3, -0.25) is 14.4 Å². The van der Waals surface area contributed by atoms with Gasteiger partial charge in [0.05, 0.1) is 0 Å². The number of carbonyl (C=O) groups excluding carboxylic acids is 3. The second-order valence-electron chi connectivity index (χ2n) is 18.5. The van der Waals surface area contributed by atoms with Crippen molar-refractivity contribution in [3.05, 3.63) is 36.5 Å². The van der Waals surface area contributed by atoms with Gasteiger partial charge in [0.1, 0.15) is 13.2 Å². The second-order valence-corrected chi connectivity index (χ2v) is 18.5. The highest BCUT2D eigenvalue weighted by Crippen LogP contribution is 2.16. The van der Waals surface area contributed by atoms with Gasteiger partial charge in [-0.1, -0.05) is 237 Å². The van der Waals surface area contributed by atoms with Crippen LogP contribution in [0.5, 0.6) is 0 Å². The number of esters is 3. The summed E-state index contributed by atoms with van der Waals surface area (Å²) in [7, 11) is 0. The molecule has 1 unspecified atom stereocenters. The fourth-order valence-electron chi connectivity index (χ4n) is 7.93. The Hall–Kier alpha value is -2.37. The third kappa shape index (κ3) is 50.5. The number of carbonyl (C=O) groups is 3. The van der Waals surface area contributed by atoms with Crippen LogP contribution in [0.4, 0.5) is 0 Å². The normalized spacial score (nSPS) is 12.2. The van der Waals surface area contributed by atoms with Crippen LogP contribution in [0, 0.1) is 0 Å². The Balaban J connectivity index is 4.13. The zero-order chi connectivity index (χ0) is 45.8. The summed E-state index contributed by atoms with van der Waals surface area (Å²) in [5.74, 6) is -0.876. The van der Waals surface area contributed by atoms with Crippen LogP contribution in [-0.4, -0.2) is 37.2 Å². The molecule has 0 aromatic rings. The Morgan fingerprint density at radius 3 is 0.937 bits per heavy atom. The van der Waals surface area contributed by atoms with Gasteiger partial charge in [-0.15, -0.1) is 0 Å². The molecule has 6 nitrogen and oxygen atoms in total. The summed E-state index contributed by atoms with van der Waals surface area (Å²) in [6, 6.07) is 0. The minimum atomic E-state index is -0.771. The molecule has 1 atom stereocenters. The number of unbranched alkanes of at least 4 members (excludes halogenated alkanes) is 33. The molecular formula is C57H104O6. The zero-order valence-electron chi connectivity index (χ0n) is 42.1. The molecule has 0 aromatic carbocycles. The molecule has 6 heteroatoms. The number of hydrogen-bond donors (Lipinski definition) is 0. The molecule has 0 bridgehead atoms. The van der Waals surface area contributed by atoms with Crippen LogP contribution in [0.2, 0.25) is 0 Å². The van der Waals surface area contributed by atoms with Crippen molar-refractivity contribution in [3.8, 4) is 0 Å². The second kappa shape index (κ2) is 52.3. The Bertz CT molecular complexity index is 1060. The van der Waals surface area contributed by atoms with Gasteiger partial charge in [0.2, 0.25) is 0 Å². The highest BCUT2D eigenvalue weighted by atomic mass is 16.6. The molecule has 0 radical (unpaired) electrons. The largest absolute Gasteiger partial charge is 0.462 e. The molecule has 63 heavy (non-hydrogen) atoms. The predicted octanol–water partition coefficient (Wildman–Crippen LogP) is 18.1. The third-order valence-electron chi connectivity index (χ3n) is 12.1. The van der Waals surface area contributed by atoms with Crippen LogP contribution in [0.25, 0.3) is 0 Å². The molecule has 0 heterocycles. The standard InChI is InChI=1S/C57H104O6/c1-4-7-10-13-16-19-21-22-23-24-25-26-27-28-29-30-31-32-33-34-36-38-41-44-47-50-56(59)62-53-54(52-61-55(58)49-46-43-40-37-18-15-12-9-6-3)63-57(60)51-48-45-42-39-35-20-17-14-11-8-5-2/h14,17,21-22,24-25,54H,4-13,15-16,18-20,23,26-53H2,1-3H3/b17-14-,22-21-,25-24-. The van der Waals surface area contributed by atoms with Crippen molar-refractivity contribution < 1.29 is 28.6 Å². The van der Waals surface area contributed by atoms with Gasteiger partial charge in [0, 0.05) is 19.3 Å². The first-order valence-electron chi connectivity index (χ1n) is 27.5. The molecule has 0 rings (SSSR count). The van der Waals surface area contributed by atoms with E-state index < -0.39 is 6.10 Å². The summed E-state index contributed by atoms with van der Waals surface area (Å²) in [6.45, 7) is 6.58. The molecule has 0 fully saturated rings. The van der Waals surface area contributed by atoms with Gasteiger partial charge in [-0.2, -0.15) is 0 Å². The van der Waals surface area contributed by atoms with Crippen LogP contribution < -0.4 is 0 Å². The van der Waals surface area contributed by atoms with E-state index in [-0.39, 0.29) is 31.1 Å². The fraction of sp³-hybridized carbons (Fsp3) is 0.842. The summed E-state index contributed by atoms with van der Waals surface area (Å²) in [5.41, 5.74) is 0. The minimum absolute atomic E-state index is 0.0727. The van der Waals surface area contributed by atoms with Crippen molar-refractivity contribution in [1.29, 1.82) is 0 Å². The van der Waals surface area contributed by atoms with Gasteiger partial charge in [0.25, 0.3) is 0 Å². The van der Waals surface area contributed by atoms with Crippen molar-refractivity contribution in [2.75, 3.05) is 13.2 Å². The van der Waals surface area contributed by atoms with E-state index >= 15 is 0 Å². The average molecular weight is 885 g/mol. The lowest BCUT2D eigenvalue weighted by atomic mass is 10.0. The van der Waals surface area contributed by atoms with Crippen LogP contribution >= 0.6 is 0 Å². The molecule has 0 spiro atoms. The predicted molar refractivity (Wildman–Crippen MR) is 270 cm³/mol. The lowest BCUT2D eigenvalue weighted by Crippen LogP contribution is -2.30. The van der Waals surface area contributed by atoms with Gasteiger partial charge in [-0.25, -0.2) is 0 Å². The maximum absolute atomic E-state index is 12.7. The Kier molecular flexibility index (Phi) is 50.3. The van der Waals surface area contributed by atoms with Crippen LogP contribution in [-0.2, 0) is 28.6 Å². The van der Waals surface area contributed by atoms with Crippen molar-refractivity contribution in [2.24, 2.45) is 0 Å². The lowest BCUT2D eigenvalue weighted by Gasteiger charge is -2.18. The molecule has 0 aromatic heterocycles. The maximum atomic E-state index is 12.7. The summed E-state index contributed by atoms with van der Waals surface area (Å²) in [6.07, 6.45) is 61.5. The van der Waals surface area contributed by atoms with Crippen molar-refractivity contribution in [3.63, 3.8) is 0 Å². The van der Waals surface area contributed by atoms with Crippen molar-refractivity contribution in [2.45, 2.75) is 297 Å². The number of rotatable bonds is 50. The Morgan fingerprint density at radius 2 is 0.587 bits per heavy atom. The first-order chi connectivity index (χ1) is 31.0. The van der Waals surface area contributed by atoms with Crippen molar-refractivity contribution >= 4 is 17.9 Å². The zero-order valence-corrected chi connectivity index (χ0v) is 42.1. The Labute approximate surface area is 391 Å². The summed E-state index contributed by atoms with van der Waals surface area (Å²) >= 11 is 0. The van der Waals surface area contributed by atoms with E-state index in [1.54, 1.807) is 0 Å². The van der Waals surface area contributed by atoms with E-state index in [4.69, 9.17) is 14.2 Å². The quantitative estimate of drug-likeness (QED) is 0.0262. The summed E-state index contributed by atoms with van der Waals surface area (Å²) in [4.78, 5) is 37.9. The van der Waals surface area contributed by atoms with Crippen LogP contribution in [0.1, 0.15) is 290 Å². The average Bonchev–Trinajstić information content (AvgIpc) is 3.28. The van der Waals surface area contributed by atoms with E-state index in [0.717, 1.165) is 77.0 Å². The minimum Gasteiger partial charge on any atom is -0.462 e. The van der Waals surface area contributed by atoms with E-state index in [1.165, 1.54) is 173 Å². The molecule has 0 saturated heterocycles. The third-order valence-corrected chi connectivity index (χ3v) is 12.1. The molecule has 0 aliphatic rings. The molecule has 0 aliphatic heterocycles. The molecule has 0 saturated carbocycles. The molecular weight excluding hydrogens is 781 g/mol. The van der Waals surface area contributed by atoms with Crippen LogP contribution in [0.3, 0.4) is 0 Å². The van der Waals surface area contributed by atoms with Gasteiger partial charge in [0.15, 0.2) is 6.10 Å². The van der Waals surface area contributed by atoms with Gasteiger partial charge >= 0.3 is 17.9 Å². The number of allylic oxidation sites excluding steroid dienone is 6. The van der Waals surface area contributed by atoms with Gasteiger partial charge < -0.3 is 14.2 Å². The fourth-order valence-corrected chi connectivity index (χ4v) is 7.93. The molecule has 0 aliphatic carbocycles. The lowest BCUT2D eigenvalue weighted by molar-refractivity contribution is -0.167. The van der Waals surface area contributed by atoms with Gasteiger partial charge in [-0.05, 0) is 70.6 Å². The first kappa shape index (κ1) is 60.6.